The zero-order valence-corrected chi connectivity index (χ0v) is 10.9. The first-order valence-electron chi connectivity index (χ1n) is 6.18. The van der Waals surface area contributed by atoms with Crippen LogP contribution in [0, 0.1) is 18.6 Å². The van der Waals surface area contributed by atoms with Gasteiger partial charge >= 0.3 is 0 Å². The highest BCUT2D eigenvalue weighted by Gasteiger charge is 2.18. The molecule has 0 fully saturated rings. The van der Waals surface area contributed by atoms with E-state index in [1.165, 1.54) is 12.1 Å². The minimum Gasteiger partial charge on any atom is -0.388 e. The number of halogens is 2. The van der Waals surface area contributed by atoms with E-state index in [9.17, 15) is 13.9 Å². The van der Waals surface area contributed by atoms with E-state index in [0.29, 0.717) is 6.54 Å². The molecule has 5 heteroatoms. The fourth-order valence-electron chi connectivity index (χ4n) is 2.12. The Morgan fingerprint density at radius 2 is 2.11 bits per heavy atom. The van der Waals surface area contributed by atoms with Gasteiger partial charge in [0.25, 0.3) is 0 Å². The lowest BCUT2D eigenvalue weighted by molar-refractivity contribution is 0.169. The number of hydrogen-bond acceptors (Lipinski definition) is 2. The Bertz CT molecular complexity index is 581. The van der Waals surface area contributed by atoms with Gasteiger partial charge in [0.2, 0.25) is 0 Å². The van der Waals surface area contributed by atoms with E-state index in [2.05, 4.69) is 5.10 Å². The molecule has 0 aliphatic heterocycles. The van der Waals surface area contributed by atoms with Crippen molar-refractivity contribution in [1.82, 2.24) is 9.78 Å². The summed E-state index contributed by atoms with van der Waals surface area (Å²) in [5.41, 5.74) is 1.61. The second-order valence-electron chi connectivity index (χ2n) is 4.46. The van der Waals surface area contributed by atoms with Crippen molar-refractivity contribution in [3.8, 4) is 0 Å². The number of nitrogens with zero attached hydrogens (tertiary/aromatic N) is 2. The second kappa shape index (κ2) is 5.48. The summed E-state index contributed by atoms with van der Waals surface area (Å²) in [7, 11) is 0. The molecule has 1 heterocycles. The van der Waals surface area contributed by atoms with Crippen molar-refractivity contribution >= 4 is 0 Å². The summed E-state index contributed by atoms with van der Waals surface area (Å²) < 4.78 is 28.5. The number of aryl methyl sites for hydroxylation is 2. The smallest absolute Gasteiger partial charge is 0.164 e. The SMILES string of the molecule is CCn1nc(C)cc1CC(O)c1cccc(F)c1F. The van der Waals surface area contributed by atoms with E-state index in [0.717, 1.165) is 17.5 Å². The molecule has 19 heavy (non-hydrogen) atoms. The molecule has 1 N–H and O–H groups in total. The number of rotatable bonds is 4. The summed E-state index contributed by atoms with van der Waals surface area (Å²) in [5, 5.41) is 14.3. The summed E-state index contributed by atoms with van der Waals surface area (Å²) in [6.45, 7) is 4.46. The molecule has 2 rings (SSSR count). The lowest BCUT2D eigenvalue weighted by atomic mass is 10.0. The zero-order valence-electron chi connectivity index (χ0n) is 10.9. The first-order chi connectivity index (χ1) is 9.02. The monoisotopic (exact) mass is 266 g/mol. The molecule has 102 valence electrons. The minimum absolute atomic E-state index is 0.0264. The topological polar surface area (TPSA) is 38.0 Å². The van der Waals surface area contributed by atoms with E-state index in [4.69, 9.17) is 0 Å². The maximum Gasteiger partial charge on any atom is 0.164 e. The summed E-state index contributed by atoms with van der Waals surface area (Å²) in [4.78, 5) is 0. The Balaban J connectivity index is 2.25. The normalized spacial score (nSPS) is 12.7. The lowest BCUT2D eigenvalue weighted by Crippen LogP contribution is -2.10. The third-order valence-corrected chi connectivity index (χ3v) is 3.03. The van der Waals surface area contributed by atoms with Gasteiger partial charge < -0.3 is 5.11 Å². The van der Waals surface area contributed by atoms with Gasteiger partial charge in [-0.1, -0.05) is 12.1 Å². The number of aliphatic hydroxyl groups excluding tert-OH is 1. The molecular formula is C14H16F2N2O. The van der Waals surface area contributed by atoms with Crippen LogP contribution in [0.3, 0.4) is 0 Å². The van der Waals surface area contributed by atoms with Crippen molar-refractivity contribution in [3.63, 3.8) is 0 Å². The van der Waals surface area contributed by atoms with E-state index < -0.39 is 17.7 Å². The second-order valence-corrected chi connectivity index (χ2v) is 4.46. The number of aliphatic hydroxyl groups is 1. The molecule has 1 aromatic heterocycles. The van der Waals surface area contributed by atoms with Gasteiger partial charge in [-0.05, 0) is 26.0 Å². The summed E-state index contributed by atoms with van der Waals surface area (Å²) >= 11 is 0. The van der Waals surface area contributed by atoms with Gasteiger partial charge in [0.15, 0.2) is 11.6 Å². The third kappa shape index (κ3) is 2.81. The summed E-state index contributed by atoms with van der Waals surface area (Å²) in [6.07, 6.45) is -0.883. The molecule has 0 radical (unpaired) electrons. The van der Waals surface area contributed by atoms with Crippen molar-refractivity contribution in [3.05, 3.63) is 52.9 Å². The van der Waals surface area contributed by atoms with Crippen LogP contribution in [0.4, 0.5) is 8.78 Å². The van der Waals surface area contributed by atoms with E-state index in [1.54, 1.807) is 4.68 Å². The molecule has 3 nitrogen and oxygen atoms in total. The highest BCUT2D eigenvalue weighted by Crippen LogP contribution is 2.23. The van der Waals surface area contributed by atoms with Gasteiger partial charge in [-0.25, -0.2) is 8.78 Å². The Hall–Kier alpha value is -1.75. The van der Waals surface area contributed by atoms with Gasteiger partial charge in [0.1, 0.15) is 0 Å². The number of aromatic nitrogens is 2. The molecule has 1 atom stereocenters. The van der Waals surface area contributed by atoms with Gasteiger partial charge in [0.05, 0.1) is 11.8 Å². The average Bonchev–Trinajstić information content (AvgIpc) is 2.72. The van der Waals surface area contributed by atoms with Crippen LogP contribution < -0.4 is 0 Å². The van der Waals surface area contributed by atoms with Crippen LogP contribution in [0.2, 0.25) is 0 Å². The van der Waals surface area contributed by atoms with E-state index >= 15 is 0 Å². The molecule has 2 aromatic rings. The standard InChI is InChI=1S/C14H16F2N2O/c1-3-18-10(7-9(2)17-18)8-13(19)11-5-4-6-12(15)14(11)16/h4-7,13,19H,3,8H2,1-2H3. The Labute approximate surface area is 110 Å². The molecular weight excluding hydrogens is 250 g/mol. The lowest BCUT2D eigenvalue weighted by Gasteiger charge is -2.13. The number of benzene rings is 1. The van der Waals surface area contributed by atoms with Crippen molar-refractivity contribution in [2.45, 2.75) is 32.9 Å². The Kier molecular flexibility index (Phi) is 3.95. The quantitative estimate of drug-likeness (QED) is 0.924. The molecule has 0 amide bonds. The maximum absolute atomic E-state index is 13.6. The van der Waals surface area contributed by atoms with Crippen LogP contribution >= 0.6 is 0 Å². The molecule has 0 aliphatic carbocycles. The predicted molar refractivity (Wildman–Crippen MR) is 67.7 cm³/mol. The maximum atomic E-state index is 13.6. The summed E-state index contributed by atoms with van der Waals surface area (Å²) in [5.74, 6) is -1.94. The fourth-order valence-corrected chi connectivity index (χ4v) is 2.12. The van der Waals surface area contributed by atoms with Crippen LogP contribution in [0.1, 0.15) is 30.0 Å². The van der Waals surface area contributed by atoms with Crippen LogP contribution in [-0.4, -0.2) is 14.9 Å². The van der Waals surface area contributed by atoms with Gasteiger partial charge in [-0.3, -0.25) is 4.68 Å². The molecule has 1 unspecified atom stereocenters. The van der Waals surface area contributed by atoms with Crippen LogP contribution in [0.5, 0.6) is 0 Å². The largest absolute Gasteiger partial charge is 0.388 e. The van der Waals surface area contributed by atoms with Crippen molar-refractivity contribution in [2.24, 2.45) is 0 Å². The van der Waals surface area contributed by atoms with Crippen molar-refractivity contribution in [1.29, 1.82) is 0 Å². The van der Waals surface area contributed by atoms with E-state index in [1.807, 2.05) is 19.9 Å². The first kappa shape index (κ1) is 13.7. The van der Waals surface area contributed by atoms with Gasteiger partial charge in [-0.15, -0.1) is 0 Å². The van der Waals surface area contributed by atoms with Gasteiger partial charge in [-0.2, -0.15) is 5.10 Å². The van der Waals surface area contributed by atoms with Crippen molar-refractivity contribution < 1.29 is 13.9 Å². The van der Waals surface area contributed by atoms with E-state index in [-0.39, 0.29) is 12.0 Å². The molecule has 0 saturated carbocycles. The Morgan fingerprint density at radius 3 is 2.79 bits per heavy atom. The predicted octanol–water partition coefficient (Wildman–Crippen LogP) is 2.77. The third-order valence-electron chi connectivity index (χ3n) is 3.03. The molecule has 0 aliphatic rings. The van der Waals surface area contributed by atoms with Crippen LogP contribution in [0.15, 0.2) is 24.3 Å². The fraction of sp³-hybridized carbons (Fsp3) is 0.357. The molecule has 0 spiro atoms. The molecule has 1 aromatic carbocycles. The van der Waals surface area contributed by atoms with Gasteiger partial charge in [0, 0.05) is 24.2 Å². The van der Waals surface area contributed by atoms with Crippen LogP contribution in [-0.2, 0) is 13.0 Å². The highest BCUT2D eigenvalue weighted by molar-refractivity contribution is 5.23. The van der Waals surface area contributed by atoms with Crippen molar-refractivity contribution in [2.75, 3.05) is 0 Å². The minimum atomic E-state index is -1.09. The average molecular weight is 266 g/mol. The molecule has 0 bridgehead atoms. The highest BCUT2D eigenvalue weighted by atomic mass is 19.2. The zero-order chi connectivity index (χ0) is 14.0. The Morgan fingerprint density at radius 1 is 1.37 bits per heavy atom. The number of hydrogen-bond donors (Lipinski definition) is 1. The van der Waals surface area contributed by atoms with Crippen LogP contribution in [0.25, 0.3) is 0 Å². The molecule has 0 saturated heterocycles. The summed E-state index contributed by atoms with van der Waals surface area (Å²) in [6, 6.07) is 5.65. The first-order valence-corrected chi connectivity index (χ1v) is 6.18.